The molecule has 6 rings (SSSR count). The summed E-state index contributed by atoms with van der Waals surface area (Å²) in [5.41, 5.74) is 0.112. The van der Waals surface area contributed by atoms with Crippen molar-refractivity contribution in [2.75, 3.05) is 42.6 Å². The van der Waals surface area contributed by atoms with Crippen LogP contribution >= 0.6 is 0 Å². The molecular weight excluding hydrogens is 634 g/mol. The van der Waals surface area contributed by atoms with Gasteiger partial charge >= 0.3 is 6.09 Å². The van der Waals surface area contributed by atoms with Crippen molar-refractivity contribution in [3.63, 3.8) is 0 Å². The molecule has 0 spiro atoms. The fourth-order valence-corrected chi connectivity index (χ4v) is 8.43. The van der Waals surface area contributed by atoms with Gasteiger partial charge in [-0.15, -0.1) is 0 Å². The monoisotopic (exact) mass is 667 g/mol. The maximum Gasteiger partial charge on any atom is 0.407 e. The zero-order valence-corrected chi connectivity index (χ0v) is 27.3. The molecule has 12 nitrogen and oxygen atoms in total. The Balaban J connectivity index is 1.70. The second-order valence-electron chi connectivity index (χ2n) is 11.5. The summed E-state index contributed by atoms with van der Waals surface area (Å²) in [6.07, 6.45) is 1.95. The van der Waals surface area contributed by atoms with Crippen molar-refractivity contribution in [1.29, 1.82) is 5.26 Å². The number of para-hydroxylation sites is 1. The number of nitrogens with zero attached hydrogens (tertiary/aromatic N) is 5. The number of pyridine rings is 1. The highest BCUT2D eigenvalue weighted by molar-refractivity contribution is 7.93. The normalized spacial score (nSPS) is 19.1. The zero-order valence-electron chi connectivity index (χ0n) is 26.5. The number of hydrogen-bond acceptors (Lipinski definition) is 9. The molecule has 13 heteroatoms. The van der Waals surface area contributed by atoms with Gasteiger partial charge in [0.2, 0.25) is 0 Å². The van der Waals surface area contributed by atoms with Crippen LogP contribution in [0.1, 0.15) is 29.2 Å². The first-order valence-corrected chi connectivity index (χ1v) is 16.7. The number of anilines is 2. The number of piperazine rings is 1. The number of nitriles is 1. The van der Waals surface area contributed by atoms with Crippen molar-refractivity contribution < 1.29 is 32.6 Å². The van der Waals surface area contributed by atoms with E-state index in [0.29, 0.717) is 6.54 Å². The molecule has 0 radical (unpaired) electrons. The standard InChI is InChI=1S/C35H33N5O7S/c1-4-47-29-8-6-5-7-26(29)35(32-22-38(17-18-39(32)34(42)43)25-13-15-37-16-14-25)27-20-24(21-36)10-11-28(27)40(33(35)41)48(44,45)31-12-9-23(2)19-30(31)46-3/h5-16,19-20,32H,4,17-18,22H2,1-3H3,(H,42,43). The molecule has 2 aliphatic heterocycles. The molecule has 1 saturated heterocycles. The lowest BCUT2D eigenvalue weighted by Gasteiger charge is -2.48. The Morgan fingerprint density at radius 1 is 1.04 bits per heavy atom. The van der Waals surface area contributed by atoms with E-state index in [9.17, 15) is 23.6 Å². The summed E-state index contributed by atoms with van der Waals surface area (Å²) in [5, 5.41) is 20.7. The van der Waals surface area contributed by atoms with Crippen LogP contribution in [0.3, 0.4) is 0 Å². The van der Waals surface area contributed by atoms with E-state index in [1.165, 1.54) is 36.3 Å². The Hall–Kier alpha value is -5.61. The molecular formula is C35H33N5O7S. The minimum absolute atomic E-state index is 0.0000360. The van der Waals surface area contributed by atoms with Crippen LogP contribution in [-0.4, -0.2) is 74.8 Å². The molecule has 2 atom stereocenters. The lowest BCUT2D eigenvalue weighted by Crippen LogP contribution is -2.66. The fourth-order valence-electron chi connectivity index (χ4n) is 6.82. The number of methoxy groups -OCH3 is 1. The third kappa shape index (κ3) is 5.05. The maximum absolute atomic E-state index is 15.6. The van der Waals surface area contributed by atoms with Crippen molar-refractivity contribution >= 4 is 33.4 Å². The van der Waals surface area contributed by atoms with Crippen molar-refractivity contribution in [2.45, 2.75) is 30.2 Å². The molecule has 0 aliphatic carbocycles. The Labute approximate surface area is 278 Å². The van der Waals surface area contributed by atoms with Gasteiger partial charge in [0, 0.05) is 48.8 Å². The largest absolute Gasteiger partial charge is 0.495 e. The number of hydrogen-bond donors (Lipinski definition) is 1. The first-order valence-electron chi connectivity index (χ1n) is 15.2. The average molecular weight is 668 g/mol. The second kappa shape index (κ2) is 12.5. The second-order valence-corrected chi connectivity index (χ2v) is 13.2. The first kappa shape index (κ1) is 32.3. The van der Waals surface area contributed by atoms with E-state index in [2.05, 4.69) is 11.1 Å². The fraction of sp³-hybridized carbons (Fsp3) is 0.257. The van der Waals surface area contributed by atoms with Crippen molar-refractivity contribution in [3.8, 4) is 17.6 Å². The van der Waals surface area contributed by atoms with Gasteiger partial charge in [-0.1, -0.05) is 24.3 Å². The molecule has 1 N–H and O–H groups in total. The summed E-state index contributed by atoms with van der Waals surface area (Å²) < 4.78 is 41.7. The highest BCUT2D eigenvalue weighted by atomic mass is 32.2. The van der Waals surface area contributed by atoms with E-state index < -0.39 is 33.5 Å². The number of benzene rings is 3. The molecule has 1 fully saturated rings. The van der Waals surface area contributed by atoms with Crippen LogP contribution in [0.15, 0.2) is 90.1 Å². The minimum Gasteiger partial charge on any atom is -0.495 e. The van der Waals surface area contributed by atoms with Crippen LogP contribution in [0.4, 0.5) is 16.2 Å². The SMILES string of the molecule is CCOc1ccccc1C1(C2CN(c3ccncc3)CCN2C(=O)O)C(=O)N(S(=O)(=O)c2ccc(C)cc2OC)c2ccc(C#N)cc21. The predicted molar refractivity (Wildman–Crippen MR) is 177 cm³/mol. The average Bonchev–Trinajstić information content (AvgIpc) is 3.36. The van der Waals surface area contributed by atoms with Crippen molar-refractivity contribution in [3.05, 3.63) is 107 Å². The summed E-state index contributed by atoms with van der Waals surface area (Å²) in [6.45, 7) is 4.08. The van der Waals surface area contributed by atoms with Crippen LogP contribution in [0.5, 0.6) is 11.5 Å². The Kier molecular flexibility index (Phi) is 8.45. The van der Waals surface area contributed by atoms with Gasteiger partial charge in [0.05, 0.1) is 37.1 Å². The van der Waals surface area contributed by atoms with E-state index in [1.54, 1.807) is 74.8 Å². The van der Waals surface area contributed by atoms with Crippen LogP contribution in [0.2, 0.25) is 0 Å². The van der Waals surface area contributed by atoms with Gasteiger partial charge in [-0.3, -0.25) is 9.78 Å². The highest BCUT2D eigenvalue weighted by Gasteiger charge is 2.64. The predicted octanol–water partition coefficient (Wildman–Crippen LogP) is 4.56. The van der Waals surface area contributed by atoms with Crippen LogP contribution in [-0.2, 0) is 20.2 Å². The molecule has 2 amide bonds. The van der Waals surface area contributed by atoms with E-state index >= 15 is 4.79 Å². The summed E-state index contributed by atoms with van der Waals surface area (Å²) >= 11 is 0. The topological polar surface area (TPSA) is 153 Å². The van der Waals surface area contributed by atoms with Gasteiger partial charge < -0.3 is 24.4 Å². The number of carbonyl (C=O) groups is 2. The molecule has 0 saturated carbocycles. The van der Waals surface area contributed by atoms with E-state index in [4.69, 9.17) is 9.47 Å². The first-order chi connectivity index (χ1) is 23.1. The maximum atomic E-state index is 15.6. The van der Waals surface area contributed by atoms with E-state index in [-0.39, 0.29) is 58.5 Å². The highest BCUT2D eigenvalue weighted by Crippen LogP contribution is 2.54. The van der Waals surface area contributed by atoms with Crippen LogP contribution in [0.25, 0.3) is 0 Å². The molecule has 2 unspecified atom stereocenters. The number of fused-ring (bicyclic) bond motifs is 1. The molecule has 3 heterocycles. The van der Waals surface area contributed by atoms with Gasteiger partial charge in [-0.2, -0.15) is 5.26 Å². The van der Waals surface area contributed by atoms with E-state index in [1.807, 2.05) is 4.90 Å². The Morgan fingerprint density at radius 2 is 1.79 bits per heavy atom. The lowest BCUT2D eigenvalue weighted by atomic mass is 9.67. The summed E-state index contributed by atoms with van der Waals surface area (Å²) in [7, 11) is -3.34. The number of carbonyl (C=O) groups excluding carboxylic acids is 1. The molecule has 3 aromatic carbocycles. The number of rotatable bonds is 8. The van der Waals surface area contributed by atoms with Crippen molar-refractivity contribution in [1.82, 2.24) is 9.88 Å². The molecule has 4 aromatic rings. The number of ether oxygens (including phenoxy) is 2. The minimum atomic E-state index is -4.68. The van der Waals surface area contributed by atoms with E-state index in [0.717, 1.165) is 15.6 Å². The third-order valence-electron chi connectivity index (χ3n) is 8.89. The zero-order chi connectivity index (χ0) is 34.2. The molecule has 1 aromatic heterocycles. The van der Waals surface area contributed by atoms with Crippen LogP contribution in [0, 0.1) is 18.3 Å². The molecule has 246 valence electrons. The van der Waals surface area contributed by atoms with Gasteiger partial charge in [-0.25, -0.2) is 17.5 Å². The summed E-state index contributed by atoms with van der Waals surface area (Å²) in [4.78, 5) is 35.6. The van der Waals surface area contributed by atoms with Crippen molar-refractivity contribution in [2.24, 2.45) is 0 Å². The molecule has 2 aliphatic rings. The number of carboxylic acid groups (broad SMARTS) is 1. The van der Waals surface area contributed by atoms with Gasteiger partial charge in [0.25, 0.3) is 15.9 Å². The van der Waals surface area contributed by atoms with Crippen LogP contribution < -0.4 is 18.7 Å². The summed E-state index contributed by atoms with van der Waals surface area (Å²) in [5.74, 6) is -0.589. The Morgan fingerprint density at radius 3 is 2.48 bits per heavy atom. The third-order valence-corrected chi connectivity index (χ3v) is 10.6. The quantitative estimate of drug-likeness (QED) is 0.283. The van der Waals surface area contributed by atoms with Gasteiger partial charge in [0.15, 0.2) is 0 Å². The van der Waals surface area contributed by atoms with Gasteiger partial charge in [0.1, 0.15) is 21.8 Å². The Bertz CT molecular complexity index is 2050. The number of sulfonamides is 1. The summed E-state index contributed by atoms with van der Waals surface area (Å²) in [6, 6.07) is 20.1. The number of aromatic nitrogens is 1. The van der Waals surface area contributed by atoms with Gasteiger partial charge in [-0.05, 0) is 67.9 Å². The molecule has 0 bridgehead atoms. The number of aryl methyl sites for hydroxylation is 1. The lowest BCUT2D eigenvalue weighted by molar-refractivity contribution is -0.122. The molecule has 48 heavy (non-hydrogen) atoms. The smallest absolute Gasteiger partial charge is 0.407 e. The number of amides is 2.